The van der Waals surface area contributed by atoms with Gasteiger partial charge in [-0.3, -0.25) is 4.68 Å². The highest BCUT2D eigenvalue weighted by Gasteiger charge is 2.12. The normalized spacial score (nSPS) is 12.8. The first-order valence-electron chi connectivity index (χ1n) is 8.41. The predicted octanol–water partition coefficient (Wildman–Crippen LogP) is 3.57. The molecule has 0 radical (unpaired) electrons. The van der Waals surface area contributed by atoms with E-state index in [9.17, 15) is 0 Å². The Kier molecular flexibility index (Phi) is 9.29. The molecule has 0 spiro atoms. The third kappa shape index (κ3) is 6.51. The monoisotopic (exact) mass is 280 g/mol. The van der Waals surface area contributed by atoms with Crippen LogP contribution < -0.4 is 5.32 Å². The molecule has 0 saturated heterocycles. The average molecular weight is 280 g/mol. The summed E-state index contributed by atoms with van der Waals surface area (Å²) in [6, 6.07) is 0.542. The molecular weight excluding hydrogens is 248 g/mol. The number of aryl methyl sites for hydroxylation is 1. The van der Waals surface area contributed by atoms with Crippen LogP contribution in [-0.4, -0.2) is 27.4 Å². The fraction of sp³-hybridized carbons (Fsp3) is 0.875. The topological polar surface area (TPSA) is 42.7 Å². The van der Waals surface area contributed by atoms with Gasteiger partial charge in [0, 0.05) is 19.0 Å². The number of rotatable bonds is 12. The number of hydrogen-bond acceptors (Lipinski definition) is 3. The molecule has 0 amide bonds. The lowest BCUT2D eigenvalue weighted by Crippen LogP contribution is -2.32. The molecule has 0 aromatic carbocycles. The van der Waals surface area contributed by atoms with Gasteiger partial charge in [0.15, 0.2) is 0 Å². The van der Waals surface area contributed by atoms with E-state index in [4.69, 9.17) is 0 Å². The summed E-state index contributed by atoms with van der Waals surface area (Å²) in [7, 11) is 0. The smallest absolute Gasteiger partial charge is 0.138 e. The molecule has 116 valence electrons. The van der Waals surface area contributed by atoms with Crippen molar-refractivity contribution in [2.45, 2.75) is 84.7 Å². The Hall–Kier alpha value is -0.900. The first kappa shape index (κ1) is 17.2. The van der Waals surface area contributed by atoms with Gasteiger partial charge in [-0.05, 0) is 19.9 Å². The number of unbranched alkanes of at least 4 members (excludes halogenated alkanes) is 5. The summed E-state index contributed by atoms with van der Waals surface area (Å²) in [5.74, 6) is 1.12. The molecule has 4 heteroatoms. The van der Waals surface area contributed by atoms with Crippen molar-refractivity contribution in [3.8, 4) is 0 Å². The van der Waals surface area contributed by atoms with Crippen molar-refractivity contribution in [1.82, 2.24) is 20.1 Å². The summed E-state index contributed by atoms with van der Waals surface area (Å²) in [5, 5.41) is 7.85. The van der Waals surface area contributed by atoms with Crippen LogP contribution in [0.2, 0.25) is 0 Å². The van der Waals surface area contributed by atoms with E-state index < -0.39 is 0 Å². The van der Waals surface area contributed by atoms with Gasteiger partial charge in [0.1, 0.15) is 12.2 Å². The minimum Gasteiger partial charge on any atom is -0.314 e. The second kappa shape index (κ2) is 10.8. The molecule has 0 aliphatic heterocycles. The second-order valence-corrected chi connectivity index (χ2v) is 5.51. The van der Waals surface area contributed by atoms with E-state index in [-0.39, 0.29) is 0 Å². The van der Waals surface area contributed by atoms with Gasteiger partial charge >= 0.3 is 0 Å². The summed E-state index contributed by atoms with van der Waals surface area (Å²) in [4.78, 5) is 4.39. The molecule has 1 aromatic heterocycles. The van der Waals surface area contributed by atoms with Crippen LogP contribution in [-0.2, 0) is 13.0 Å². The number of hydrogen-bond donors (Lipinski definition) is 1. The molecule has 0 aliphatic rings. The van der Waals surface area contributed by atoms with E-state index in [0.717, 1.165) is 25.3 Å². The fourth-order valence-electron chi connectivity index (χ4n) is 2.67. The zero-order valence-corrected chi connectivity index (χ0v) is 13.6. The number of aromatic nitrogens is 3. The van der Waals surface area contributed by atoms with Gasteiger partial charge in [0.25, 0.3) is 0 Å². The van der Waals surface area contributed by atoms with Crippen LogP contribution in [0.1, 0.15) is 71.5 Å². The lowest BCUT2D eigenvalue weighted by atomic mass is 10.0. The molecule has 1 heterocycles. The second-order valence-electron chi connectivity index (χ2n) is 5.51. The van der Waals surface area contributed by atoms with Gasteiger partial charge in [-0.2, -0.15) is 5.10 Å². The molecule has 4 nitrogen and oxygen atoms in total. The zero-order valence-electron chi connectivity index (χ0n) is 13.6. The van der Waals surface area contributed by atoms with Gasteiger partial charge in [-0.1, -0.05) is 52.4 Å². The van der Waals surface area contributed by atoms with E-state index in [1.165, 1.54) is 44.9 Å². The van der Waals surface area contributed by atoms with Crippen molar-refractivity contribution in [2.24, 2.45) is 0 Å². The molecule has 1 aromatic rings. The minimum atomic E-state index is 0.542. The Labute approximate surface area is 124 Å². The Morgan fingerprint density at radius 3 is 2.55 bits per heavy atom. The van der Waals surface area contributed by atoms with Crippen LogP contribution in [0, 0.1) is 0 Å². The maximum Gasteiger partial charge on any atom is 0.138 e. The van der Waals surface area contributed by atoms with E-state index in [1.54, 1.807) is 6.33 Å². The first-order chi connectivity index (χ1) is 9.81. The maximum atomic E-state index is 4.39. The fourth-order valence-corrected chi connectivity index (χ4v) is 2.67. The van der Waals surface area contributed by atoms with Crippen LogP contribution in [0.5, 0.6) is 0 Å². The minimum absolute atomic E-state index is 0.542. The highest BCUT2D eigenvalue weighted by molar-refractivity contribution is 4.89. The molecule has 0 fully saturated rings. The van der Waals surface area contributed by atoms with Crippen molar-refractivity contribution in [3.63, 3.8) is 0 Å². The molecular formula is C16H32N4. The molecule has 1 N–H and O–H groups in total. The van der Waals surface area contributed by atoms with Gasteiger partial charge in [0.2, 0.25) is 0 Å². The first-order valence-corrected chi connectivity index (χ1v) is 8.41. The van der Waals surface area contributed by atoms with Crippen LogP contribution in [0.3, 0.4) is 0 Å². The molecule has 0 aliphatic carbocycles. The summed E-state index contributed by atoms with van der Waals surface area (Å²) in [6.45, 7) is 8.50. The van der Waals surface area contributed by atoms with E-state index in [0.29, 0.717) is 6.04 Å². The molecule has 1 atom stereocenters. The largest absolute Gasteiger partial charge is 0.314 e. The quantitative estimate of drug-likeness (QED) is 0.595. The van der Waals surface area contributed by atoms with Gasteiger partial charge in [0.05, 0.1) is 0 Å². The molecule has 0 bridgehead atoms. The van der Waals surface area contributed by atoms with E-state index in [2.05, 4.69) is 36.2 Å². The number of nitrogens with zero attached hydrogens (tertiary/aromatic N) is 3. The Bertz CT molecular complexity index is 335. The lowest BCUT2D eigenvalue weighted by molar-refractivity contribution is 0.442. The highest BCUT2D eigenvalue weighted by atomic mass is 15.3. The third-order valence-corrected chi connectivity index (χ3v) is 3.82. The summed E-state index contributed by atoms with van der Waals surface area (Å²) in [6.07, 6.45) is 12.1. The molecule has 1 unspecified atom stereocenters. The number of likely N-dealkylation sites (N-methyl/N-ethyl adjacent to an activating group) is 1. The van der Waals surface area contributed by atoms with Crippen molar-refractivity contribution in [2.75, 3.05) is 6.54 Å². The van der Waals surface area contributed by atoms with Crippen molar-refractivity contribution in [3.05, 3.63) is 12.2 Å². The van der Waals surface area contributed by atoms with Crippen LogP contribution in [0.15, 0.2) is 6.33 Å². The lowest BCUT2D eigenvalue weighted by Gasteiger charge is -2.17. The molecule has 0 saturated carbocycles. The summed E-state index contributed by atoms with van der Waals surface area (Å²) < 4.78 is 2.01. The van der Waals surface area contributed by atoms with Gasteiger partial charge in [-0.15, -0.1) is 0 Å². The van der Waals surface area contributed by atoms with Gasteiger partial charge < -0.3 is 5.32 Å². The standard InChI is InChI=1S/C16H32N4/c1-4-7-8-9-10-11-12-15(17-5-2)13-16-18-14-19-20(16)6-3/h14-15,17H,4-13H2,1-3H3. The third-order valence-electron chi connectivity index (χ3n) is 3.82. The average Bonchev–Trinajstić information content (AvgIpc) is 2.90. The molecule has 1 rings (SSSR count). The summed E-state index contributed by atoms with van der Waals surface area (Å²) >= 11 is 0. The number of nitrogens with one attached hydrogen (secondary N) is 1. The van der Waals surface area contributed by atoms with Crippen LogP contribution in [0.4, 0.5) is 0 Å². The summed E-state index contributed by atoms with van der Waals surface area (Å²) in [5.41, 5.74) is 0. The zero-order chi connectivity index (χ0) is 14.6. The van der Waals surface area contributed by atoms with Crippen molar-refractivity contribution >= 4 is 0 Å². The Morgan fingerprint density at radius 2 is 1.85 bits per heavy atom. The maximum absolute atomic E-state index is 4.39. The van der Waals surface area contributed by atoms with Crippen LogP contribution >= 0.6 is 0 Å². The van der Waals surface area contributed by atoms with E-state index >= 15 is 0 Å². The Morgan fingerprint density at radius 1 is 1.10 bits per heavy atom. The highest BCUT2D eigenvalue weighted by Crippen LogP contribution is 2.11. The van der Waals surface area contributed by atoms with Crippen molar-refractivity contribution in [1.29, 1.82) is 0 Å². The van der Waals surface area contributed by atoms with E-state index in [1.807, 2.05) is 4.68 Å². The van der Waals surface area contributed by atoms with Gasteiger partial charge in [-0.25, -0.2) is 4.98 Å². The van der Waals surface area contributed by atoms with Crippen LogP contribution in [0.25, 0.3) is 0 Å². The van der Waals surface area contributed by atoms with Crippen molar-refractivity contribution < 1.29 is 0 Å². The Balaban J connectivity index is 2.29. The molecule has 20 heavy (non-hydrogen) atoms. The SMILES string of the molecule is CCCCCCCCC(Cc1ncnn1CC)NCC. The predicted molar refractivity (Wildman–Crippen MR) is 84.9 cm³/mol.